The number of carbonyl (C=O) groups is 1. The van der Waals surface area contributed by atoms with Gasteiger partial charge in [0.1, 0.15) is 5.82 Å². The van der Waals surface area contributed by atoms with E-state index in [2.05, 4.69) is 26.4 Å². The highest BCUT2D eigenvalue weighted by molar-refractivity contribution is 7.87. The second-order valence-corrected chi connectivity index (χ2v) is 10.3. The number of hydrogen-bond acceptors (Lipinski definition) is 7. The first-order valence-corrected chi connectivity index (χ1v) is 12.0. The smallest absolute Gasteiger partial charge is 0.324 e. The Morgan fingerprint density at radius 1 is 1.31 bits per heavy atom. The van der Waals surface area contributed by atoms with Crippen LogP contribution < -0.4 is 10.1 Å². The Hall–Kier alpha value is -2.50. The van der Waals surface area contributed by atoms with Gasteiger partial charge in [-0.1, -0.05) is 0 Å². The fraction of sp³-hybridized carbons (Fsp3) is 0.571. The number of hydrogen-bond donors (Lipinski definition) is 1. The molecule has 1 fully saturated rings. The third-order valence-corrected chi connectivity index (χ3v) is 7.38. The molecule has 3 rings (SSSR count). The second kappa shape index (κ2) is 9.55. The summed E-state index contributed by atoms with van der Waals surface area (Å²) in [5, 5.41) is 6.95. The Labute approximate surface area is 189 Å². The van der Waals surface area contributed by atoms with Crippen LogP contribution in [-0.4, -0.2) is 72.0 Å². The number of nitrogens with one attached hydrogen (secondary N) is 1. The highest BCUT2D eigenvalue weighted by Crippen LogP contribution is 2.33. The predicted octanol–water partition coefficient (Wildman–Crippen LogP) is 2.15. The van der Waals surface area contributed by atoms with E-state index in [-0.39, 0.29) is 17.8 Å². The molecule has 0 aliphatic carbocycles. The van der Waals surface area contributed by atoms with Gasteiger partial charge in [-0.2, -0.15) is 17.8 Å². The number of pyridine rings is 1. The molecule has 3 heterocycles. The Balaban J connectivity index is 1.88. The zero-order valence-electron chi connectivity index (χ0n) is 19.5. The number of nitrogens with zero attached hydrogens (tertiary/aromatic N) is 5. The maximum absolute atomic E-state index is 12.7. The molecule has 2 atom stereocenters. The van der Waals surface area contributed by atoms with Crippen molar-refractivity contribution in [1.82, 2.24) is 23.4 Å². The van der Waals surface area contributed by atoms with Gasteiger partial charge in [0.2, 0.25) is 11.8 Å². The first-order chi connectivity index (χ1) is 15.0. The molecule has 1 aliphatic rings. The average molecular weight is 465 g/mol. The van der Waals surface area contributed by atoms with Gasteiger partial charge >= 0.3 is 10.2 Å². The summed E-state index contributed by atoms with van der Waals surface area (Å²) in [6.45, 7) is 6.98. The fourth-order valence-corrected chi connectivity index (χ4v) is 4.86. The van der Waals surface area contributed by atoms with Crippen LogP contribution in [0.4, 0.5) is 5.82 Å². The maximum Gasteiger partial charge on any atom is 0.324 e. The number of amides is 1. The first-order valence-electron chi connectivity index (χ1n) is 10.6. The quantitative estimate of drug-likeness (QED) is 0.668. The molecule has 2 aromatic heterocycles. The third-order valence-electron chi connectivity index (χ3n) is 5.74. The Bertz CT molecular complexity index is 1080. The largest absolute Gasteiger partial charge is 0.481 e. The number of carbonyl (C=O) groups excluding carboxylic acids is 1. The van der Waals surface area contributed by atoms with E-state index < -0.39 is 10.2 Å². The van der Waals surface area contributed by atoms with E-state index in [9.17, 15) is 13.2 Å². The Morgan fingerprint density at radius 3 is 2.66 bits per heavy atom. The van der Waals surface area contributed by atoms with E-state index in [0.717, 1.165) is 40.0 Å². The van der Waals surface area contributed by atoms with Crippen LogP contribution in [0.15, 0.2) is 18.2 Å². The van der Waals surface area contributed by atoms with Gasteiger partial charge in [0.15, 0.2) is 0 Å². The van der Waals surface area contributed by atoms with Crippen molar-refractivity contribution in [3.8, 4) is 5.88 Å². The van der Waals surface area contributed by atoms with Gasteiger partial charge in [-0.15, -0.1) is 4.09 Å². The number of methoxy groups -OCH3 is 1. The van der Waals surface area contributed by atoms with E-state index in [4.69, 9.17) is 4.74 Å². The van der Waals surface area contributed by atoms with Crippen LogP contribution in [0, 0.1) is 6.92 Å². The highest BCUT2D eigenvalue weighted by atomic mass is 32.2. The molecule has 1 saturated heterocycles. The molecule has 0 spiro atoms. The molecule has 0 radical (unpaired) electrons. The molecular formula is C21H32N6O4S. The van der Waals surface area contributed by atoms with Gasteiger partial charge in [-0.25, -0.2) is 4.98 Å². The molecule has 176 valence electrons. The molecule has 1 N–H and O–H groups in total. The van der Waals surface area contributed by atoms with Crippen LogP contribution in [0.3, 0.4) is 0 Å². The number of ether oxygens (including phenoxy) is 1. The van der Waals surface area contributed by atoms with Crippen LogP contribution in [-0.2, 0) is 15.0 Å². The lowest BCUT2D eigenvalue weighted by Crippen LogP contribution is -2.37. The van der Waals surface area contributed by atoms with Crippen molar-refractivity contribution in [3.63, 3.8) is 0 Å². The summed E-state index contributed by atoms with van der Waals surface area (Å²) in [4.78, 5) is 18.3. The summed E-state index contributed by atoms with van der Waals surface area (Å²) in [6.07, 6.45) is 2.06. The molecule has 0 aromatic carbocycles. The van der Waals surface area contributed by atoms with Crippen LogP contribution in [0.2, 0.25) is 0 Å². The van der Waals surface area contributed by atoms with E-state index in [1.54, 1.807) is 13.2 Å². The zero-order chi connectivity index (χ0) is 23.6. The van der Waals surface area contributed by atoms with Crippen molar-refractivity contribution in [2.24, 2.45) is 0 Å². The molecule has 0 bridgehead atoms. The van der Waals surface area contributed by atoms with E-state index in [1.165, 1.54) is 26.6 Å². The minimum atomic E-state index is -3.88. The first kappa shape index (κ1) is 24.1. The molecular weight excluding hydrogens is 432 g/mol. The molecule has 10 nitrogen and oxygen atoms in total. The van der Waals surface area contributed by atoms with E-state index in [1.807, 2.05) is 19.9 Å². The number of anilines is 1. The van der Waals surface area contributed by atoms with Crippen LogP contribution >= 0.6 is 0 Å². The van der Waals surface area contributed by atoms with Crippen molar-refractivity contribution >= 4 is 21.9 Å². The van der Waals surface area contributed by atoms with Crippen molar-refractivity contribution < 1.29 is 17.9 Å². The standard InChI is InChI=1S/C21H32N6O4S/c1-14-10-18(11-21(22-14)31-6)17-8-7-9-26(13-17)15(2)19-12-20(23-16(3)28)27(24-19)32(29,30)25(4)5/h10-12,15,17H,7-9,13H2,1-6H3,(H,23,28). The molecule has 1 amide bonds. The monoisotopic (exact) mass is 464 g/mol. The third kappa shape index (κ3) is 5.11. The molecule has 0 saturated carbocycles. The van der Waals surface area contributed by atoms with E-state index in [0.29, 0.717) is 17.5 Å². The molecule has 32 heavy (non-hydrogen) atoms. The van der Waals surface area contributed by atoms with Gasteiger partial charge in [0.05, 0.1) is 18.8 Å². The zero-order valence-corrected chi connectivity index (χ0v) is 20.3. The number of piperidine rings is 1. The molecule has 2 unspecified atom stereocenters. The van der Waals surface area contributed by atoms with Gasteiger partial charge in [0, 0.05) is 45.4 Å². The minimum absolute atomic E-state index is 0.131. The van der Waals surface area contributed by atoms with Crippen molar-refractivity contribution in [1.29, 1.82) is 0 Å². The van der Waals surface area contributed by atoms with Gasteiger partial charge in [0.25, 0.3) is 0 Å². The Morgan fingerprint density at radius 2 is 2.03 bits per heavy atom. The summed E-state index contributed by atoms with van der Waals surface area (Å²) in [6, 6.07) is 5.58. The van der Waals surface area contributed by atoms with Crippen LogP contribution in [0.1, 0.15) is 55.6 Å². The molecule has 1 aliphatic heterocycles. The summed E-state index contributed by atoms with van der Waals surface area (Å²) >= 11 is 0. The lowest BCUT2D eigenvalue weighted by Gasteiger charge is -2.36. The predicted molar refractivity (Wildman–Crippen MR) is 122 cm³/mol. The van der Waals surface area contributed by atoms with Gasteiger partial charge in [-0.05, 0) is 50.8 Å². The Kier molecular flexibility index (Phi) is 7.21. The average Bonchev–Trinajstić information content (AvgIpc) is 3.16. The SMILES string of the molecule is COc1cc(C2CCCN(C(C)c3cc(NC(C)=O)n(S(=O)(=O)N(C)C)n3)C2)cc(C)n1. The molecule has 2 aromatic rings. The summed E-state index contributed by atoms with van der Waals surface area (Å²) < 4.78 is 32.7. The number of likely N-dealkylation sites (tertiary alicyclic amines) is 1. The lowest BCUT2D eigenvalue weighted by atomic mass is 9.90. The topological polar surface area (TPSA) is 110 Å². The highest BCUT2D eigenvalue weighted by Gasteiger charge is 2.30. The van der Waals surface area contributed by atoms with Crippen molar-refractivity contribution in [2.45, 2.75) is 45.6 Å². The maximum atomic E-state index is 12.7. The second-order valence-electron chi connectivity index (χ2n) is 8.36. The number of rotatable bonds is 7. The summed E-state index contributed by atoms with van der Waals surface area (Å²) in [5.74, 6) is 0.692. The number of aryl methyl sites for hydroxylation is 1. The summed E-state index contributed by atoms with van der Waals surface area (Å²) in [7, 11) is 0.596. The van der Waals surface area contributed by atoms with Crippen molar-refractivity contribution in [2.75, 3.05) is 39.6 Å². The van der Waals surface area contributed by atoms with Crippen LogP contribution in [0.25, 0.3) is 0 Å². The van der Waals surface area contributed by atoms with Gasteiger partial charge in [-0.3, -0.25) is 9.69 Å². The van der Waals surface area contributed by atoms with E-state index >= 15 is 0 Å². The number of aromatic nitrogens is 3. The minimum Gasteiger partial charge on any atom is -0.481 e. The fourth-order valence-electron chi connectivity index (χ4n) is 4.00. The molecule has 11 heteroatoms. The lowest BCUT2D eigenvalue weighted by molar-refractivity contribution is -0.114. The van der Waals surface area contributed by atoms with Crippen molar-refractivity contribution in [3.05, 3.63) is 35.2 Å². The summed E-state index contributed by atoms with van der Waals surface area (Å²) in [5.41, 5.74) is 2.69. The van der Waals surface area contributed by atoms with Gasteiger partial charge < -0.3 is 10.1 Å². The van der Waals surface area contributed by atoms with Crippen LogP contribution in [0.5, 0.6) is 5.88 Å². The normalized spacial score (nSPS) is 18.5.